The molecule has 1 heterocycles. The average Bonchev–Trinajstić information content (AvgIpc) is 2.91. The second kappa shape index (κ2) is 6.23. The van der Waals surface area contributed by atoms with Crippen LogP contribution in [0.4, 0.5) is 18.9 Å². The number of alkyl halides is 3. The number of imidazole rings is 1. The molecule has 0 unspecified atom stereocenters. The van der Waals surface area contributed by atoms with Gasteiger partial charge in [0.25, 0.3) is 0 Å². The molecular weight excluding hydrogens is 331 g/mol. The van der Waals surface area contributed by atoms with Gasteiger partial charge in [-0.2, -0.15) is 13.2 Å². The summed E-state index contributed by atoms with van der Waals surface area (Å²) < 4.78 is 40.3. The van der Waals surface area contributed by atoms with E-state index in [1.54, 1.807) is 42.8 Å². The number of nitrogens with one attached hydrogen (secondary N) is 1. The van der Waals surface area contributed by atoms with E-state index in [1.165, 1.54) is 6.07 Å². The molecule has 3 aromatic rings. The Balaban J connectivity index is 1.98. The number of carbonyl (C=O) groups excluding carboxylic acids is 1. The van der Waals surface area contributed by atoms with Crippen LogP contribution in [0.2, 0.25) is 0 Å². The summed E-state index contributed by atoms with van der Waals surface area (Å²) >= 11 is 0. The fourth-order valence-corrected chi connectivity index (χ4v) is 2.59. The maximum atomic E-state index is 12.9. The van der Waals surface area contributed by atoms with Gasteiger partial charge in [-0.15, -0.1) is 0 Å². The Morgan fingerprint density at radius 1 is 1.16 bits per heavy atom. The Kier molecular flexibility index (Phi) is 4.24. The first-order valence-corrected chi connectivity index (χ1v) is 7.73. The number of amides is 1. The number of nitrogens with zero attached hydrogens (tertiary/aromatic N) is 2. The molecule has 0 saturated carbocycles. The molecule has 0 spiro atoms. The van der Waals surface area contributed by atoms with Crippen molar-refractivity contribution >= 4 is 22.6 Å². The topological polar surface area (TPSA) is 46.9 Å². The Bertz CT molecular complexity index is 927. The molecule has 0 atom stereocenters. The van der Waals surface area contributed by atoms with Gasteiger partial charge in [0.05, 0.1) is 16.6 Å². The van der Waals surface area contributed by atoms with Crippen LogP contribution in [0.25, 0.3) is 22.4 Å². The molecule has 0 bridgehead atoms. The summed E-state index contributed by atoms with van der Waals surface area (Å²) in [6, 6.07) is 10.6. The van der Waals surface area contributed by atoms with Crippen LogP contribution in [0.1, 0.15) is 18.9 Å². The zero-order chi connectivity index (χ0) is 18.2. The molecule has 1 aromatic heterocycles. The van der Waals surface area contributed by atoms with Crippen molar-refractivity contribution in [2.45, 2.75) is 19.5 Å². The molecule has 4 nitrogen and oxygen atoms in total. The number of anilines is 1. The molecule has 2 aromatic carbocycles. The minimum absolute atomic E-state index is 0.0878. The molecule has 25 heavy (non-hydrogen) atoms. The van der Waals surface area contributed by atoms with E-state index in [2.05, 4.69) is 10.3 Å². The standard InChI is InChI=1S/C18H16F3N3O/c1-3-16(25)22-13-7-4-11(5-8-13)17-23-14-10-12(18(19,20)21)6-9-15(14)24(17)2/h4-10H,3H2,1-2H3,(H,22,25). The summed E-state index contributed by atoms with van der Waals surface area (Å²) in [5.74, 6) is 0.470. The van der Waals surface area contributed by atoms with Gasteiger partial charge in [0.15, 0.2) is 0 Å². The lowest BCUT2D eigenvalue weighted by atomic mass is 10.2. The van der Waals surface area contributed by atoms with Crippen LogP contribution >= 0.6 is 0 Å². The van der Waals surface area contributed by atoms with E-state index >= 15 is 0 Å². The van der Waals surface area contributed by atoms with Gasteiger partial charge in [-0.05, 0) is 42.5 Å². The lowest BCUT2D eigenvalue weighted by Crippen LogP contribution is -2.09. The molecule has 1 N–H and O–H groups in total. The van der Waals surface area contributed by atoms with Crippen molar-refractivity contribution in [3.8, 4) is 11.4 Å². The smallest absolute Gasteiger partial charge is 0.327 e. The van der Waals surface area contributed by atoms with Crippen LogP contribution in [0.15, 0.2) is 42.5 Å². The molecular formula is C18H16F3N3O. The minimum Gasteiger partial charge on any atom is -0.327 e. The first-order valence-electron chi connectivity index (χ1n) is 7.73. The molecule has 0 aliphatic carbocycles. The molecule has 0 aliphatic rings. The lowest BCUT2D eigenvalue weighted by molar-refractivity contribution is -0.137. The maximum absolute atomic E-state index is 12.9. The minimum atomic E-state index is -4.40. The summed E-state index contributed by atoms with van der Waals surface area (Å²) in [7, 11) is 1.75. The Labute approximate surface area is 142 Å². The summed E-state index contributed by atoms with van der Waals surface area (Å²) in [4.78, 5) is 15.7. The van der Waals surface area contributed by atoms with E-state index in [4.69, 9.17) is 0 Å². The van der Waals surface area contributed by atoms with Crippen molar-refractivity contribution < 1.29 is 18.0 Å². The van der Waals surface area contributed by atoms with Crippen molar-refractivity contribution in [2.24, 2.45) is 7.05 Å². The Morgan fingerprint density at radius 3 is 2.44 bits per heavy atom. The quantitative estimate of drug-likeness (QED) is 0.752. The second-order valence-corrected chi connectivity index (χ2v) is 5.67. The van der Waals surface area contributed by atoms with Gasteiger partial charge in [0.1, 0.15) is 5.82 Å². The van der Waals surface area contributed by atoms with Gasteiger partial charge < -0.3 is 9.88 Å². The fourth-order valence-electron chi connectivity index (χ4n) is 2.59. The third-order valence-corrected chi connectivity index (χ3v) is 3.96. The highest BCUT2D eigenvalue weighted by Crippen LogP contribution is 2.32. The van der Waals surface area contributed by atoms with Crippen molar-refractivity contribution in [3.63, 3.8) is 0 Å². The van der Waals surface area contributed by atoms with Gasteiger partial charge >= 0.3 is 6.18 Å². The summed E-state index contributed by atoms with van der Waals surface area (Å²) in [6.45, 7) is 1.76. The van der Waals surface area contributed by atoms with Crippen LogP contribution in [0, 0.1) is 0 Å². The number of halogens is 3. The van der Waals surface area contributed by atoms with Gasteiger partial charge in [-0.3, -0.25) is 4.79 Å². The third kappa shape index (κ3) is 3.35. The van der Waals surface area contributed by atoms with E-state index in [0.717, 1.165) is 17.7 Å². The maximum Gasteiger partial charge on any atom is 0.416 e. The molecule has 3 rings (SSSR count). The van der Waals surface area contributed by atoms with Gasteiger partial charge in [-0.1, -0.05) is 6.92 Å². The fraction of sp³-hybridized carbons (Fsp3) is 0.222. The van der Waals surface area contributed by atoms with E-state index in [1.807, 2.05) is 0 Å². The average molecular weight is 347 g/mol. The number of carbonyl (C=O) groups is 1. The number of aryl methyl sites for hydroxylation is 1. The number of hydrogen-bond acceptors (Lipinski definition) is 2. The molecule has 7 heteroatoms. The molecule has 0 saturated heterocycles. The predicted molar refractivity (Wildman–Crippen MR) is 90.1 cm³/mol. The summed E-state index contributed by atoms with van der Waals surface area (Å²) in [5.41, 5.74) is 1.60. The van der Waals surface area contributed by atoms with Gasteiger partial charge in [0.2, 0.25) is 5.91 Å². The third-order valence-electron chi connectivity index (χ3n) is 3.96. The van der Waals surface area contributed by atoms with E-state index in [0.29, 0.717) is 23.4 Å². The van der Waals surface area contributed by atoms with Crippen LogP contribution in [-0.4, -0.2) is 15.5 Å². The monoisotopic (exact) mass is 347 g/mol. The molecule has 130 valence electrons. The summed E-state index contributed by atoms with van der Waals surface area (Å²) in [6.07, 6.45) is -4.01. The van der Waals surface area contributed by atoms with Crippen molar-refractivity contribution in [2.75, 3.05) is 5.32 Å². The Hall–Kier alpha value is -2.83. The first-order chi connectivity index (χ1) is 11.8. The molecule has 0 radical (unpaired) electrons. The number of rotatable bonds is 3. The van der Waals surface area contributed by atoms with E-state index in [9.17, 15) is 18.0 Å². The molecule has 0 fully saturated rings. The molecule has 1 amide bonds. The van der Waals surface area contributed by atoms with Crippen LogP contribution in [-0.2, 0) is 18.0 Å². The highest BCUT2D eigenvalue weighted by atomic mass is 19.4. The number of benzene rings is 2. The van der Waals surface area contributed by atoms with Gasteiger partial charge in [-0.25, -0.2) is 4.98 Å². The zero-order valence-corrected chi connectivity index (χ0v) is 13.7. The van der Waals surface area contributed by atoms with E-state index in [-0.39, 0.29) is 11.4 Å². The first kappa shape index (κ1) is 17.0. The normalized spacial score (nSPS) is 11.7. The zero-order valence-electron chi connectivity index (χ0n) is 13.7. The highest BCUT2D eigenvalue weighted by Gasteiger charge is 2.31. The number of fused-ring (bicyclic) bond motifs is 1. The van der Waals surface area contributed by atoms with Crippen LogP contribution in [0.3, 0.4) is 0 Å². The second-order valence-electron chi connectivity index (χ2n) is 5.67. The number of aromatic nitrogens is 2. The van der Waals surface area contributed by atoms with Crippen molar-refractivity contribution in [3.05, 3.63) is 48.0 Å². The van der Waals surface area contributed by atoms with Crippen LogP contribution < -0.4 is 5.32 Å². The van der Waals surface area contributed by atoms with Crippen molar-refractivity contribution in [1.29, 1.82) is 0 Å². The predicted octanol–water partition coefficient (Wildman–Crippen LogP) is 4.61. The highest BCUT2D eigenvalue weighted by molar-refractivity contribution is 5.90. The number of hydrogen-bond donors (Lipinski definition) is 1. The van der Waals surface area contributed by atoms with Gasteiger partial charge in [0, 0.05) is 24.7 Å². The van der Waals surface area contributed by atoms with Crippen molar-refractivity contribution in [1.82, 2.24) is 9.55 Å². The largest absolute Gasteiger partial charge is 0.416 e. The van der Waals surface area contributed by atoms with E-state index < -0.39 is 11.7 Å². The molecule has 0 aliphatic heterocycles. The van der Waals surface area contributed by atoms with Crippen LogP contribution in [0.5, 0.6) is 0 Å². The summed E-state index contributed by atoms with van der Waals surface area (Å²) in [5, 5.41) is 2.74. The Morgan fingerprint density at radius 2 is 1.84 bits per heavy atom. The SMILES string of the molecule is CCC(=O)Nc1ccc(-c2nc3cc(C(F)(F)F)ccc3n2C)cc1. The lowest BCUT2D eigenvalue weighted by Gasteiger charge is -2.06.